The summed E-state index contributed by atoms with van der Waals surface area (Å²) >= 11 is 3.39. The summed E-state index contributed by atoms with van der Waals surface area (Å²) < 4.78 is 4.70. The van der Waals surface area contributed by atoms with Crippen molar-refractivity contribution in [2.24, 2.45) is 0 Å². The molecule has 8 heteroatoms. The Labute approximate surface area is 170 Å². The van der Waals surface area contributed by atoms with Crippen molar-refractivity contribution in [3.05, 3.63) is 61.5 Å². The Bertz CT molecular complexity index is 1130. The lowest BCUT2D eigenvalue weighted by Gasteiger charge is -2.15. The summed E-state index contributed by atoms with van der Waals surface area (Å²) in [5.74, 6) is -0.0118. The Morgan fingerprint density at radius 2 is 1.82 bits per heavy atom. The van der Waals surface area contributed by atoms with E-state index in [1.807, 2.05) is 37.3 Å². The third-order valence-electron chi connectivity index (χ3n) is 4.85. The van der Waals surface area contributed by atoms with Gasteiger partial charge in [-0.25, -0.2) is 9.78 Å². The molecule has 0 saturated carbocycles. The van der Waals surface area contributed by atoms with Crippen LogP contribution in [-0.2, 0) is 17.9 Å². The molecule has 0 amide bonds. The molecular weight excluding hydrogens is 424 g/mol. The maximum absolute atomic E-state index is 13.2. The Hall–Kier alpha value is -2.48. The summed E-state index contributed by atoms with van der Waals surface area (Å²) in [6.07, 6.45) is 0.991. The quantitative estimate of drug-likeness (QED) is 0.522. The van der Waals surface area contributed by atoms with Gasteiger partial charge in [-0.15, -0.1) is 0 Å². The van der Waals surface area contributed by atoms with E-state index in [0.29, 0.717) is 30.7 Å². The number of carbonyl (C=O) groups excluding carboxylic acids is 1. The average Bonchev–Trinajstić information content (AvgIpc) is 3.05. The number of fused-ring (bicyclic) bond motifs is 1. The van der Waals surface area contributed by atoms with Crippen LogP contribution >= 0.6 is 15.9 Å². The van der Waals surface area contributed by atoms with Crippen molar-refractivity contribution in [2.75, 3.05) is 0 Å². The number of Topliss-reactive ketones (excluding diaryl/α,β-unsaturated/α-hetero) is 1. The van der Waals surface area contributed by atoms with Gasteiger partial charge in [0.25, 0.3) is 5.56 Å². The van der Waals surface area contributed by atoms with Crippen molar-refractivity contribution in [1.29, 1.82) is 0 Å². The molecule has 7 nitrogen and oxygen atoms in total. The minimum atomic E-state index is -0.560. The van der Waals surface area contributed by atoms with E-state index >= 15 is 0 Å². The second kappa shape index (κ2) is 8.26. The molecule has 1 atom stereocenters. The monoisotopic (exact) mass is 446 g/mol. The zero-order valence-electron chi connectivity index (χ0n) is 16.2. The summed E-state index contributed by atoms with van der Waals surface area (Å²) in [6, 6.07) is 8.98. The number of halogens is 1. The van der Waals surface area contributed by atoms with Gasteiger partial charge in [0.2, 0.25) is 0 Å². The van der Waals surface area contributed by atoms with Gasteiger partial charge in [-0.3, -0.25) is 18.7 Å². The summed E-state index contributed by atoms with van der Waals surface area (Å²) in [6.45, 7) is 6.04. The van der Waals surface area contributed by atoms with Crippen molar-refractivity contribution in [1.82, 2.24) is 18.7 Å². The van der Waals surface area contributed by atoms with E-state index in [1.54, 1.807) is 18.4 Å². The molecule has 0 radical (unpaired) electrons. The van der Waals surface area contributed by atoms with Crippen LogP contribution in [0.15, 0.2) is 44.7 Å². The Kier molecular flexibility index (Phi) is 5.98. The van der Waals surface area contributed by atoms with Crippen LogP contribution in [0.3, 0.4) is 0 Å². The molecule has 0 aliphatic carbocycles. The van der Waals surface area contributed by atoms with E-state index < -0.39 is 17.3 Å². The molecule has 148 valence electrons. The number of imidazole rings is 1. The van der Waals surface area contributed by atoms with E-state index in [9.17, 15) is 14.4 Å². The van der Waals surface area contributed by atoms with E-state index in [-0.39, 0.29) is 16.9 Å². The lowest BCUT2D eigenvalue weighted by molar-refractivity contribution is -0.121. The number of carbonyl (C=O) groups is 1. The second-order valence-corrected chi connectivity index (χ2v) is 7.44. The van der Waals surface area contributed by atoms with E-state index in [4.69, 9.17) is 0 Å². The van der Waals surface area contributed by atoms with Crippen molar-refractivity contribution in [3.8, 4) is 0 Å². The first-order valence-corrected chi connectivity index (χ1v) is 10.2. The van der Waals surface area contributed by atoms with Gasteiger partial charge in [0.15, 0.2) is 21.7 Å². The smallest absolute Gasteiger partial charge is 0.302 e. The molecule has 0 fully saturated rings. The molecule has 0 N–H and O–H groups in total. The Morgan fingerprint density at radius 1 is 1.14 bits per heavy atom. The fourth-order valence-electron chi connectivity index (χ4n) is 3.35. The molecule has 3 aromatic rings. The van der Waals surface area contributed by atoms with Gasteiger partial charge < -0.3 is 4.57 Å². The Balaban J connectivity index is 2.35. The summed E-state index contributed by atoms with van der Waals surface area (Å²) in [5, 5.41) is 0. The first kappa shape index (κ1) is 20.3. The zero-order valence-corrected chi connectivity index (χ0v) is 17.8. The van der Waals surface area contributed by atoms with E-state index in [0.717, 1.165) is 5.56 Å². The predicted octanol–water partition coefficient (Wildman–Crippen LogP) is 3.12. The molecular formula is C20H23BrN4O3. The van der Waals surface area contributed by atoms with Gasteiger partial charge in [-0.1, -0.05) is 44.2 Å². The maximum atomic E-state index is 13.2. The predicted molar refractivity (Wildman–Crippen MR) is 112 cm³/mol. The number of nitrogens with zero attached hydrogens (tertiary/aromatic N) is 4. The maximum Gasteiger partial charge on any atom is 0.333 e. The molecule has 0 spiro atoms. The normalized spacial score (nSPS) is 12.4. The number of hydrogen-bond donors (Lipinski definition) is 0. The van der Waals surface area contributed by atoms with E-state index in [1.165, 1.54) is 9.13 Å². The van der Waals surface area contributed by atoms with Crippen LogP contribution < -0.4 is 11.2 Å². The second-order valence-electron chi connectivity index (χ2n) is 6.73. The van der Waals surface area contributed by atoms with Gasteiger partial charge in [0.05, 0.1) is 12.6 Å². The zero-order chi connectivity index (χ0) is 20.4. The molecule has 2 heterocycles. The standard InChI is InChI=1S/C20H23BrN4O3/c1-4-11-23-18(27)16-17(22-19(21)25(16)13(3)15(26)5-2)24(20(23)28)12-14-9-7-6-8-10-14/h6-10,13H,4-5,11-12H2,1-3H3. The molecule has 0 aliphatic heterocycles. The lowest BCUT2D eigenvalue weighted by atomic mass is 10.1. The number of ketones is 1. The van der Waals surface area contributed by atoms with Gasteiger partial charge in [0.1, 0.15) is 0 Å². The van der Waals surface area contributed by atoms with Crippen LogP contribution in [0.4, 0.5) is 0 Å². The van der Waals surface area contributed by atoms with Crippen LogP contribution in [0.5, 0.6) is 0 Å². The highest BCUT2D eigenvalue weighted by molar-refractivity contribution is 9.10. The summed E-state index contributed by atoms with van der Waals surface area (Å²) in [5.41, 5.74) is 0.671. The molecule has 3 rings (SSSR count). The van der Waals surface area contributed by atoms with Crippen molar-refractivity contribution in [3.63, 3.8) is 0 Å². The number of aromatic nitrogens is 4. The highest BCUT2D eigenvalue weighted by Gasteiger charge is 2.25. The number of rotatable bonds is 7. The highest BCUT2D eigenvalue weighted by atomic mass is 79.9. The fraction of sp³-hybridized carbons (Fsp3) is 0.400. The Morgan fingerprint density at radius 3 is 2.43 bits per heavy atom. The van der Waals surface area contributed by atoms with Crippen molar-refractivity contribution < 1.29 is 4.79 Å². The largest absolute Gasteiger partial charge is 0.333 e. The van der Waals surface area contributed by atoms with Crippen LogP contribution in [0.1, 0.15) is 45.2 Å². The summed E-state index contributed by atoms with van der Waals surface area (Å²) in [7, 11) is 0. The molecule has 0 saturated heterocycles. The van der Waals surface area contributed by atoms with Crippen LogP contribution in [0.25, 0.3) is 11.2 Å². The number of hydrogen-bond acceptors (Lipinski definition) is 4. The fourth-order valence-corrected chi connectivity index (χ4v) is 4.01. The minimum Gasteiger partial charge on any atom is -0.302 e. The third-order valence-corrected chi connectivity index (χ3v) is 5.41. The van der Waals surface area contributed by atoms with Crippen molar-refractivity contribution in [2.45, 2.75) is 52.7 Å². The van der Waals surface area contributed by atoms with Gasteiger partial charge in [-0.05, 0) is 34.8 Å². The van der Waals surface area contributed by atoms with Gasteiger partial charge in [0, 0.05) is 13.0 Å². The molecule has 1 aromatic carbocycles. The molecule has 2 aromatic heterocycles. The van der Waals surface area contributed by atoms with Crippen molar-refractivity contribution >= 4 is 32.9 Å². The highest BCUT2D eigenvalue weighted by Crippen LogP contribution is 2.23. The molecule has 1 unspecified atom stereocenters. The lowest BCUT2D eigenvalue weighted by Crippen LogP contribution is -2.41. The summed E-state index contributed by atoms with van der Waals surface area (Å²) in [4.78, 5) is 43.0. The third kappa shape index (κ3) is 3.48. The molecule has 0 bridgehead atoms. The average molecular weight is 447 g/mol. The SMILES string of the molecule is CCCn1c(=O)c2c(nc(Br)n2C(C)C(=O)CC)n(Cc2ccccc2)c1=O. The van der Waals surface area contributed by atoms with Crippen LogP contribution in [0.2, 0.25) is 0 Å². The topological polar surface area (TPSA) is 78.9 Å². The number of benzene rings is 1. The van der Waals surface area contributed by atoms with Gasteiger partial charge >= 0.3 is 5.69 Å². The van der Waals surface area contributed by atoms with Gasteiger partial charge in [-0.2, -0.15) is 0 Å². The minimum absolute atomic E-state index is 0.0118. The van der Waals surface area contributed by atoms with Crippen LogP contribution in [-0.4, -0.2) is 24.5 Å². The molecule has 28 heavy (non-hydrogen) atoms. The van der Waals surface area contributed by atoms with E-state index in [2.05, 4.69) is 20.9 Å². The first-order valence-electron chi connectivity index (χ1n) is 9.38. The van der Waals surface area contributed by atoms with Crippen LogP contribution in [0, 0.1) is 0 Å². The first-order chi connectivity index (χ1) is 13.4. The molecule has 0 aliphatic rings.